The van der Waals surface area contributed by atoms with Crippen molar-refractivity contribution >= 4 is 21.6 Å². The van der Waals surface area contributed by atoms with Crippen molar-refractivity contribution in [2.45, 2.75) is 44.5 Å². The van der Waals surface area contributed by atoms with Gasteiger partial charge in [0.15, 0.2) is 0 Å². The summed E-state index contributed by atoms with van der Waals surface area (Å²) in [4.78, 5) is 11.8. The molecule has 0 aromatic heterocycles. The summed E-state index contributed by atoms with van der Waals surface area (Å²) in [6, 6.07) is 12.7. The van der Waals surface area contributed by atoms with Crippen LogP contribution in [0.3, 0.4) is 0 Å². The number of fused-ring (bicyclic) bond motifs is 1. The Hall–Kier alpha value is -2.25. The van der Waals surface area contributed by atoms with Crippen LogP contribution in [0.5, 0.6) is 0 Å². The maximum atomic E-state index is 15.0. The lowest BCUT2D eigenvalue weighted by molar-refractivity contribution is -0.116. The second-order valence-corrected chi connectivity index (χ2v) is 10.0. The van der Waals surface area contributed by atoms with Gasteiger partial charge >= 0.3 is 0 Å². The first-order valence-electron chi connectivity index (χ1n) is 9.24. The normalized spacial score (nSPS) is 18.6. The minimum atomic E-state index is -3.53. The van der Waals surface area contributed by atoms with Crippen LogP contribution < -0.4 is 10.0 Å². The Kier molecular flexibility index (Phi) is 5.34. The molecule has 1 amide bonds. The standard InChI is InChI=1S/C21H25FN2O3S/c1-13(2)28(26,27)23-12-21(4,22)17-8-5-15(6-9-17)16-7-10-18-14(3)20(25)24-19(18)11-16/h5-11,13-14,23H,12H2,1-4H3,(H,24,25). The molecule has 2 aromatic carbocycles. The van der Waals surface area contributed by atoms with Crippen LogP contribution in [0, 0.1) is 0 Å². The van der Waals surface area contributed by atoms with E-state index in [2.05, 4.69) is 10.0 Å². The fourth-order valence-corrected chi connectivity index (χ4v) is 3.92. The van der Waals surface area contributed by atoms with Crippen LogP contribution in [0.4, 0.5) is 10.1 Å². The van der Waals surface area contributed by atoms with Gasteiger partial charge in [-0.15, -0.1) is 0 Å². The van der Waals surface area contributed by atoms with Crippen molar-refractivity contribution in [3.8, 4) is 11.1 Å². The molecule has 0 fully saturated rings. The number of benzene rings is 2. The van der Waals surface area contributed by atoms with E-state index in [1.807, 2.05) is 25.1 Å². The SMILES string of the molecule is CC1C(=O)Nc2cc(-c3ccc(C(C)(F)CNS(=O)(=O)C(C)C)cc3)ccc21. The molecule has 1 aliphatic rings. The Morgan fingerprint density at radius 3 is 2.36 bits per heavy atom. The zero-order valence-electron chi connectivity index (χ0n) is 16.4. The number of amides is 1. The van der Waals surface area contributed by atoms with Gasteiger partial charge in [-0.25, -0.2) is 17.5 Å². The minimum Gasteiger partial charge on any atom is -0.325 e. The predicted molar refractivity (Wildman–Crippen MR) is 109 cm³/mol. The average molecular weight is 405 g/mol. The molecule has 3 rings (SSSR count). The quantitative estimate of drug-likeness (QED) is 0.766. The molecular weight excluding hydrogens is 379 g/mol. The monoisotopic (exact) mass is 404 g/mol. The third-order valence-corrected chi connectivity index (χ3v) is 7.00. The van der Waals surface area contributed by atoms with Gasteiger partial charge < -0.3 is 5.32 Å². The number of hydrogen-bond donors (Lipinski definition) is 2. The molecule has 2 atom stereocenters. The lowest BCUT2D eigenvalue weighted by atomic mass is 9.94. The highest BCUT2D eigenvalue weighted by atomic mass is 32.2. The molecule has 2 aromatic rings. The van der Waals surface area contributed by atoms with Crippen molar-refractivity contribution in [1.82, 2.24) is 4.72 Å². The van der Waals surface area contributed by atoms with Crippen LogP contribution in [-0.4, -0.2) is 26.1 Å². The van der Waals surface area contributed by atoms with Gasteiger partial charge in [-0.1, -0.05) is 36.4 Å². The zero-order valence-corrected chi connectivity index (χ0v) is 17.2. The molecule has 0 saturated heterocycles. The van der Waals surface area contributed by atoms with Crippen LogP contribution in [0.15, 0.2) is 42.5 Å². The molecule has 1 aliphatic heterocycles. The van der Waals surface area contributed by atoms with E-state index in [4.69, 9.17) is 0 Å². The second-order valence-electron chi connectivity index (χ2n) is 7.70. The highest BCUT2D eigenvalue weighted by molar-refractivity contribution is 7.90. The molecule has 2 unspecified atom stereocenters. The highest BCUT2D eigenvalue weighted by Crippen LogP contribution is 2.36. The topological polar surface area (TPSA) is 75.3 Å². The van der Waals surface area contributed by atoms with Crippen LogP contribution in [0.25, 0.3) is 11.1 Å². The third-order valence-electron chi connectivity index (χ3n) is 5.22. The van der Waals surface area contributed by atoms with Gasteiger partial charge in [0.25, 0.3) is 0 Å². The van der Waals surface area contributed by atoms with Gasteiger partial charge in [-0.05, 0) is 56.0 Å². The molecule has 0 saturated carbocycles. The third kappa shape index (κ3) is 3.95. The summed E-state index contributed by atoms with van der Waals surface area (Å²) in [5, 5.41) is 2.25. The summed E-state index contributed by atoms with van der Waals surface area (Å²) >= 11 is 0. The van der Waals surface area contributed by atoms with Crippen molar-refractivity contribution < 1.29 is 17.6 Å². The number of rotatable bonds is 6. The molecule has 1 heterocycles. The molecular formula is C21H25FN2O3S. The summed E-state index contributed by atoms with van der Waals surface area (Å²) in [5.41, 5.74) is 2.14. The molecule has 0 bridgehead atoms. The van der Waals surface area contributed by atoms with Gasteiger partial charge in [0.2, 0.25) is 15.9 Å². The number of carbonyl (C=O) groups excluding carboxylic acids is 1. The molecule has 0 aliphatic carbocycles. The van der Waals surface area contributed by atoms with Crippen molar-refractivity contribution in [3.63, 3.8) is 0 Å². The maximum Gasteiger partial charge on any atom is 0.231 e. The number of carbonyl (C=O) groups is 1. The number of alkyl halides is 1. The van der Waals surface area contributed by atoms with Gasteiger partial charge in [-0.2, -0.15) is 0 Å². The Labute approximate surface area is 165 Å². The summed E-state index contributed by atoms with van der Waals surface area (Å²) in [6.07, 6.45) is 0. The molecule has 28 heavy (non-hydrogen) atoms. The number of sulfonamides is 1. The lowest BCUT2D eigenvalue weighted by Gasteiger charge is -2.22. The smallest absolute Gasteiger partial charge is 0.231 e. The van der Waals surface area contributed by atoms with E-state index in [-0.39, 0.29) is 18.4 Å². The maximum absolute atomic E-state index is 15.0. The van der Waals surface area contributed by atoms with Crippen molar-refractivity contribution in [2.75, 3.05) is 11.9 Å². The van der Waals surface area contributed by atoms with Crippen LogP contribution >= 0.6 is 0 Å². The number of hydrogen-bond acceptors (Lipinski definition) is 3. The summed E-state index contributed by atoms with van der Waals surface area (Å²) in [5.74, 6) is -0.173. The van der Waals surface area contributed by atoms with E-state index in [1.165, 1.54) is 6.92 Å². The fraction of sp³-hybridized carbons (Fsp3) is 0.381. The molecule has 5 nitrogen and oxygen atoms in total. The Morgan fingerprint density at radius 2 is 1.75 bits per heavy atom. The van der Waals surface area contributed by atoms with Gasteiger partial charge in [0.05, 0.1) is 11.2 Å². The fourth-order valence-electron chi connectivity index (χ4n) is 3.12. The molecule has 0 spiro atoms. The van der Waals surface area contributed by atoms with E-state index in [0.29, 0.717) is 5.56 Å². The Balaban J connectivity index is 1.78. The lowest BCUT2D eigenvalue weighted by Crippen LogP contribution is -2.39. The zero-order chi connectivity index (χ0) is 20.7. The predicted octanol–water partition coefficient (Wildman–Crippen LogP) is 3.92. The Bertz CT molecular complexity index is 999. The first-order valence-corrected chi connectivity index (χ1v) is 10.8. The van der Waals surface area contributed by atoms with Crippen LogP contribution in [0.1, 0.15) is 44.7 Å². The summed E-state index contributed by atoms with van der Waals surface area (Å²) in [7, 11) is -3.53. The highest BCUT2D eigenvalue weighted by Gasteiger charge is 2.29. The number of anilines is 1. The Morgan fingerprint density at radius 1 is 1.14 bits per heavy atom. The molecule has 0 radical (unpaired) electrons. The van der Waals surface area contributed by atoms with Crippen molar-refractivity contribution in [1.29, 1.82) is 0 Å². The van der Waals surface area contributed by atoms with Gasteiger partial charge in [-0.3, -0.25) is 4.79 Å². The van der Waals surface area contributed by atoms with E-state index < -0.39 is 20.9 Å². The van der Waals surface area contributed by atoms with E-state index in [9.17, 15) is 13.2 Å². The summed E-state index contributed by atoms with van der Waals surface area (Å²) in [6.45, 7) is 6.00. The minimum absolute atomic E-state index is 0.0143. The summed E-state index contributed by atoms with van der Waals surface area (Å²) < 4.78 is 41.1. The molecule has 2 N–H and O–H groups in total. The second kappa shape index (κ2) is 7.29. The van der Waals surface area contributed by atoms with Crippen LogP contribution in [0.2, 0.25) is 0 Å². The van der Waals surface area contributed by atoms with E-state index in [1.54, 1.807) is 38.1 Å². The van der Waals surface area contributed by atoms with Gasteiger partial charge in [0, 0.05) is 12.2 Å². The van der Waals surface area contributed by atoms with Crippen molar-refractivity contribution in [2.24, 2.45) is 0 Å². The largest absolute Gasteiger partial charge is 0.325 e. The van der Waals surface area contributed by atoms with E-state index >= 15 is 4.39 Å². The molecule has 7 heteroatoms. The first kappa shape index (κ1) is 20.5. The van der Waals surface area contributed by atoms with Gasteiger partial charge in [0.1, 0.15) is 5.67 Å². The van der Waals surface area contributed by atoms with E-state index in [0.717, 1.165) is 22.4 Å². The van der Waals surface area contributed by atoms with Crippen LogP contribution in [-0.2, 0) is 20.5 Å². The number of halogens is 1. The van der Waals surface area contributed by atoms with Crippen molar-refractivity contribution in [3.05, 3.63) is 53.6 Å². The average Bonchev–Trinajstić information content (AvgIpc) is 2.94. The number of nitrogens with one attached hydrogen (secondary N) is 2. The first-order chi connectivity index (χ1) is 13.0. The molecule has 150 valence electrons.